The zero-order valence-electron chi connectivity index (χ0n) is 18.2. The molecular weight excluding hydrogens is 444 g/mol. The Kier molecular flexibility index (Phi) is 5.43. The molecule has 4 heterocycles. The van der Waals surface area contributed by atoms with Crippen LogP contribution in [0.5, 0.6) is 5.88 Å². The topological polar surface area (TPSA) is 112 Å². The van der Waals surface area contributed by atoms with Gasteiger partial charge in [-0.1, -0.05) is 17.7 Å². The largest absolute Gasteiger partial charge is 0.378 e. The number of fused-ring (bicyclic) bond motifs is 1. The number of anilines is 1. The number of aryl methyl sites for hydroxylation is 2. The Labute approximate surface area is 191 Å². The average Bonchev–Trinajstić information content (AvgIpc) is 3.24. The summed E-state index contributed by atoms with van der Waals surface area (Å²) in [6.45, 7) is 6.04. The molecule has 1 aromatic carbocycles. The quantitative estimate of drug-likeness (QED) is 0.409. The predicted octanol–water partition coefficient (Wildman–Crippen LogP) is 2.43. The minimum atomic E-state index is -4.13. The molecular formula is C22H22N6O4S. The monoisotopic (exact) mass is 466 g/mol. The lowest BCUT2D eigenvalue weighted by Crippen LogP contribution is -2.37. The van der Waals surface area contributed by atoms with Crippen molar-refractivity contribution in [3.8, 4) is 11.7 Å². The highest BCUT2D eigenvalue weighted by molar-refractivity contribution is 7.87. The third kappa shape index (κ3) is 4.24. The van der Waals surface area contributed by atoms with Crippen molar-refractivity contribution in [1.29, 1.82) is 0 Å². The van der Waals surface area contributed by atoms with E-state index in [0.717, 1.165) is 11.1 Å². The highest BCUT2D eigenvalue weighted by Gasteiger charge is 2.25. The van der Waals surface area contributed by atoms with Crippen LogP contribution in [0.15, 0.2) is 53.8 Å². The van der Waals surface area contributed by atoms with E-state index in [2.05, 4.69) is 19.9 Å². The van der Waals surface area contributed by atoms with Gasteiger partial charge in [-0.05, 0) is 43.7 Å². The molecule has 170 valence electrons. The number of hydrogen-bond donors (Lipinski definition) is 0. The number of hydrogen-bond acceptors (Lipinski definition) is 9. The average molecular weight is 467 g/mol. The van der Waals surface area contributed by atoms with Crippen molar-refractivity contribution in [3.05, 3.63) is 60.0 Å². The van der Waals surface area contributed by atoms with E-state index in [1.165, 1.54) is 18.5 Å². The summed E-state index contributed by atoms with van der Waals surface area (Å²) in [5, 5.41) is 0. The SMILES string of the molecule is Cc1ccc(S(=O)(=O)Oc2nc(N3CCOCC3)nc3c2ncn3-c2cc(C)ccn2)cc1. The Morgan fingerprint density at radius 2 is 1.73 bits per heavy atom. The first-order valence-electron chi connectivity index (χ1n) is 10.4. The lowest BCUT2D eigenvalue weighted by atomic mass is 10.2. The molecule has 0 N–H and O–H groups in total. The summed E-state index contributed by atoms with van der Waals surface area (Å²) in [5.74, 6) is 0.819. The second-order valence-corrected chi connectivity index (χ2v) is 9.30. The maximum absolute atomic E-state index is 13.0. The van der Waals surface area contributed by atoms with Gasteiger partial charge in [-0.3, -0.25) is 4.57 Å². The van der Waals surface area contributed by atoms with Gasteiger partial charge in [0.25, 0.3) is 5.88 Å². The fourth-order valence-corrected chi connectivity index (χ4v) is 4.39. The lowest BCUT2D eigenvalue weighted by Gasteiger charge is -2.26. The third-order valence-electron chi connectivity index (χ3n) is 5.29. The Morgan fingerprint density at radius 3 is 2.45 bits per heavy atom. The molecule has 1 aliphatic heterocycles. The fourth-order valence-electron chi connectivity index (χ4n) is 3.50. The van der Waals surface area contributed by atoms with Gasteiger partial charge < -0.3 is 13.8 Å². The molecule has 1 aliphatic rings. The first kappa shape index (κ1) is 21.3. The Hall–Kier alpha value is -3.57. The predicted molar refractivity (Wildman–Crippen MR) is 121 cm³/mol. The van der Waals surface area contributed by atoms with E-state index in [9.17, 15) is 8.42 Å². The summed E-state index contributed by atoms with van der Waals surface area (Å²) >= 11 is 0. The van der Waals surface area contributed by atoms with Gasteiger partial charge in [-0.25, -0.2) is 9.97 Å². The summed E-state index contributed by atoms with van der Waals surface area (Å²) in [5.41, 5.74) is 2.59. The van der Waals surface area contributed by atoms with Crippen LogP contribution in [0.2, 0.25) is 0 Å². The molecule has 0 bridgehead atoms. The Morgan fingerprint density at radius 1 is 0.970 bits per heavy atom. The maximum Gasteiger partial charge on any atom is 0.340 e. The summed E-state index contributed by atoms with van der Waals surface area (Å²) in [6.07, 6.45) is 3.23. The van der Waals surface area contributed by atoms with Crippen molar-refractivity contribution in [2.45, 2.75) is 18.7 Å². The van der Waals surface area contributed by atoms with Crippen molar-refractivity contribution < 1.29 is 17.3 Å². The molecule has 0 radical (unpaired) electrons. The van der Waals surface area contributed by atoms with Crippen LogP contribution in [-0.4, -0.2) is 59.2 Å². The van der Waals surface area contributed by atoms with E-state index >= 15 is 0 Å². The number of benzene rings is 1. The van der Waals surface area contributed by atoms with E-state index in [1.807, 2.05) is 30.9 Å². The summed E-state index contributed by atoms with van der Waals surface area (Å²) in [7, 11) is -4.13. The molecule has 0 saturated carbocycles. The fraction of sp³-hybridized carbons (Fsp3) is 0.273. The molecule has 4 aromatic rings. The lowest BCUT2D eigenvalue weighted by molar-refractivity contribution is 0.122. The highest BCUT2D eigenvalue weighted by atomic mass is 32.2. The molecule has 1 fully saturated rings. The minimum Gasteiger partial charge on any atom is -0.378 e. The van der Waals surface area contributed by atoms with Gasteiger partial charge in [0.05, 0.1) is 13.2 Å². The molecule has 0 spiro atoms. The molecule has 1 saturated heterocycles. The molecule has 0 atom stereocenters. The first-order chi connectivity index (χ1) is 15.9. The van der Waals surface area contributed by atoms with Crippen LogP contribution in [0.3, 0.4) is 0 Å². The van der Waals surface area contributed by atoms with Crippen LogP contribution in [0.4, 0.5) is 5.95 Å². The van der Waals surface area contributed by atoms with E-state index in [4.69, 9.17) is 8.92 Å². The first-order valence-corrected chi connectivity index (χ1v) is 11.8. The molecule has 5 rings (SSSR count). The summed E-state index contributed by atoms with van der Waals surface area (Å²) in [6, 6.07) is 10.2. The standard InChI is InChI=1S/C22H22N6O4S/c1-15-3-5-17(6-4-15)33(29,30)32-21-19-20(25-22(26-21)27-9-11-31-12-10-27)28(14-24-19)18-13-16(2)7-8-23-18/h3-8,13-14H,9-12H2,1-2H3. The second-order valence-electron chi connectivity index (χ2n) is 7.76. The number of ether oxygens (including phenoxy) is 1. The Bertz CT molecular complexity index is 1410. The van der Waals surface area contributed by atoms with Crippen molar-refractivity contribution in [2.75, 3.05) is 31.2 Å². The number of rotatable bonds is 5. The molecule has 0 aliphatic carbocycles. The third-order valence-corrected chi connectivity index (χ3v) is 6.52. The second kappa shape index (κ2) is 8.41. The molecule has 3 aromatic heterocycles. The van der Waals surface area contributed by atoms with E-state index in [1.54, 1.807) is 22.9 Å². The molecule has 0 amide bonds. The molecule has 33 heavy (non-hydrogen) atoms. The number of morpholine rings is 1. The van der Waals surface area contributed by atoms with Crippen molar-refractivity contribution in [2.24, 2.45) is 0 Å². The van der Waals surface area contributed by atoms with E-state index in [-0.39, 0.29) is 16.3 Å². The van der Waals surface area contributed by atoms with Crippen LogP contribution >= 0.6 is 0 Å². The van der Waals surface area contributed by atoms with E-state index < -0.39 is 10.1 Å². The van der Waals surface area contributed by atoms with Crippen LogP contribution < -0.4 is 9.08 Å². The number of nitrogens with zero attached hydrogens (tertiary/aromatic N) is 6. The van der Waals surface area contributed by atoms with Crippen molar-refractivity contribution in [3.63, 3.8) is 0 Å². The normalized spacial score (nSPS) is 14.5. The minimum absolute atomic E-state index is 0.0348. The van der Waals surface area contributed by atoms with E-state index in [0.29, 0.717) is 43.7 Å². The van der Waals surface area contributed by atoms with Crippen LogP contribution in [0.1, 0.15) is 11.1 Å². The van der Waals surface area contributed by atoms with Crippen LogP contribution in [0.25, 0.3) is 17.0 Å². The van der Waals surface area contributed by atoms with Crippen molar-refractivity contribution in [1.82, 2.24) is 24.5 Å². The number of imidazole rings is 1. The smallest absolute Gasteiger partial charge is 0.340 e. The van der Waals surface area contributed by atoms with Gasteiger partial charge >= 0.3 is 10.1 Å². The van der Waals surface area contributed by atoms with Crippen LogP contribution in [-0.2, 0) is 14.9 Å². The van der Waals surface area contributed by atoms with Gasteiger partial charge in [0.2, 0.25) is 5.95 Å². The highest BCUT2D eigenvalue weighted by Crippen LogP contribution is 2.29. The van der Waals surface area contributed by atoms with Crippen LogP contribution in [0, 0.1) is 13.8 Å². The number of pyridine rings is 1. The molecule has 11 heteroatoms. The van der Waals surface area contributed by atoms with Gasteiger partial charge in [-0.15, -0.1) is 0 Å². The zero-order valence-corrected chi connectivity index (χ0v) is 19.0. The zero-order chi connectivity index (χ0) is 23.0. The maximum atomic E-state index is 13.0. The Balaban J connectivity index is 1.64. The van der Waals surface area contributed by atoms with Gasteiger partial charge in [0, 0.05) is 19.3 Å². The van der Waals surface area contributed by atoms with Gasteiger partial charge in [0.15, 0.2) is 11.2 Å². The molecule has 10 nitrogen and oxygen atoms in total. The number of aromatic nitrogens is 5. The van der Waals surface area contributed by atoms with Gasteiger partial charge in [-0.2, -0.15) is 18.4 Å². The van der Waals surface area contributed by atoms with Crippen molar-refractivity contribution >= 4 is 27.2 Å². The summed E-state index contributed by atoms with van der Waals surface area (Å²) < 4.78 is 38.6. The summed E-state index contributed by atoms with van der Waals surface area (Å²) in [4.78, 5) is 19.9. The molecule has 0 unspecified atom stereocenters. The van der Waals surface area contributed by atoms with Gasteiger partial charge in [0.1, 0.15) is 17.0 Å².